The summed E-state index contributed by atoms with van der Waals surface area (Å²) in [4.78, 5) is 12.9. The highest BCUT2D eigenvalue weighted by molar-refractivity contribution is 5.62. The van der Waals surface area contributed by atoms with Gasteiger partial charge in [-0.05, 0) is 25.1 Å². The molecule has 1 aliphatic heterocycles. The smallest absolute Gasteiger partial charge is 0.272 e. The number of nitrogens with one attached hydrogen (secondary N) is 2. The molecule has 28 heavy (non-hydrogen) atoms. The van der Waals surface area contributed by atoms with Gasteiger partial charge in [-0.2, -0.15) is 0 Å². The van der Waals surface area contributed by atoms with Gasteiger partial charge in [0.25, 0.3) is 6.43 Å². The minimum Gasteiger partial charge on any atom is -0.487 e. The predicted octanol–water partition coefficient (Wildman–Crippen LogP) is 2.55. The SMILES string of the molecule is FC(F)COc1ccn2c(-c3ccnc(N[C@H]4CNCC[C@@H]4F)n3)cnc2c1. The van der Waals surface area contributed by atoms with Crippen molar-refractivity contribution in [1.82, 2.24) is 24.7 Å². The van der Waals surface area contributed by atoms with Gasteiger partial charge in [0, 0.05) is 25.0 Å². The third-order valence-electron chi connectivity index (χ3n) is 4.49. The van der Waals surface area contributed by atoms with E-state index in [1.807, 2.05) is 0 Å². The Kier molecular flexibility index (Phi) is 5.29. The number of imidazole rings is 1. The summed E-state index contributed by atoms with van der Waals surface area (Å²) in [6.45, 7) is 0.493. The van der Waals surface area contributed by atoms with Gasteiger partial charge in [0.1, 0.15) is 24.2 Å². The fourth-order valence-corrected chi connectivity index (χ4v) is 3.11. The third-order valence-corrected chi connectivity index (χ3v) is 4.49. The number of anilines is 1. The largest absolute Gasteiger partial charge is 0.487 e. The average molecular weight is 392 g/mol. The van der Waals surface area contributed by atoms with Crippen LogP contribution in [0.4, 0.5) is 19.1 Å². The van der Waals surface area contributed by atoms with Gasteiger partial charge >= 0.3 is 0 Å². The molecule has 2 atom stereocenters. The molecule has 0 bridgehead atoms. The third kappa shape index (κ3) is 4.01. The van der Waals surface area contributed by atoms with E-state index in [2.05, 4.69) is 25.6 Å². The van der Waals surface area contributed by atoms with Crippen LogP contribution in [-0.4, -0.2) is 57.7 Å². The van der Waals surface area contributed by atoms with E-state index in [1.165, 1.54) is 0 Å². The molecule has 1 fully saturated rings. The lowest BCUT2D eigenvalue weighted by Gasteiger charge is -2.27. The summed E-state index contributed by atoms with van der Waals surface area (Å²) in [5.74, 6) is 0.648. The van der Waals surface area contributed by atoms with Gasteiger partial charge in [-0.1, -0.05) is 0 Å². The topological polar surface area (TPSA) is 76.4 Å². The zero-order chi connectivity index (χ0) is 19.5. The number of aromatic nitrogens is 4. The van der Waals surface area contributed by atoms with Crippen LogP contribution in [0.5, 0.6) is 5.75 Å². The summed E-state index contributed by atoms with van der Waals surface area (Å²) < 4.78 is 45.4. The van der Waals surface area contributed by atoms with Crippen LogP contribution in [0.2, 0.25) is 0 Å². The van der Waals surface area contributed by atoms with Crippen molar-refractivity contribution in [3.05, 3.63) is 36.8 Å². The van der Waals surface area contributed by atoms with Crippen molar-refractivity contribution in [2.45, 2.75) is 25.1 Å². The van der Waals surface area contributed by atoms with Crippen LogP contribution in [0.3, 0.4) is 0 Å². The van der Waals surface area contributed by atoms with Crippen molar-refractivity contribution in [1.29, 1.82) is 0 Å². The molecule has 3 aromatic heterocycles. The van der Waals surface area contributed by atoms with Gasteiger partial charge in [0.2, 0.25) is 5.95 Å². The number of rotatable bonds is 6. The van der Waals surface area contributed by atoms with Crippen molar-refractivity contribution < 1.29 is 17.9 Å². The maximum absolute atomic E-state index is 14.0. The summed E-state index contributed by atoms with van der Waals surface area (Å²) in [5.41, 5.74) is 1.83. The average Bonchev–Trinajstić information content (AvgIpc) is 3.12. The first kappa shape index (κ1) is 18.5. The van der Waals surface area contributed by atoms with Crippen LogP contribution < -0.4 is 15.4 Å². The Morgan fingerprint density at radius 3 is 3.04 bits per heavy atom. The van der Waals surface area contributed by atoms with Gasteiger partial charge < -0.3 is 15.4 Å². The number of hydrogen-bond acceptors (Lipinski definition) is 6. The molecule has 0 aromatic carbocycles. The normalized spacial score (nSPS) is 19.9. The van der Waals surface area contributed by atoms with Crippen molar-refractivity contribution in [2.24, 2.45) is 0 Å². The molecule has 0 aliphatic carbocycles. The number of halogens is 3. The monoisotopic (exact) mass is 392 g/mol. The van der Waals surface area contributed by atoms with Crippen LogP contribution in [0.15, 0.2) is 36.8 Å². The molecule has 4 rings (SSSR count). The number of pyridine rings is 1. The van der Waals surface area contributed by atoms with Crippen molar-refractivity contribution in [3.63, 3.8) is 0 Å². The number of alkyl halides is 3. The molecular formula is C18H19F3N6O. The molecule has 2 N–H and O–H groups in total. The van der Waals surface area contributed by atoms with Crippen LogP contribution >= 0.6 is 0 Å². The standard InChI is InChI=1S/C18H19F3N6O/c19-12-1-4-22-8-14(12)26-18-23-5-2-13(25-18)15-9-24-17-7-11(3-6-27(15)17)28-10-16(20)21/h2-3,5-7,9,12,14,16,22H,1,4,8,10H2,(H,23,25,26)/t12-,14-/m0/s1. The molecule has 148 valence electrons. The van der Waals surface area contributed by atoms with E-state index in [0.717, 1.165) is 0 Å². The molecule has 3 aromatic rings. The maximum atomic E-state index is 14.0. The highest BCUT2D eigenvalue weighted by Gasteiger charge is 2.25. The van der Waals surface area contributed by atoms with Gasteiger partial charge in [0.05, 0.1) is 23.6 Å². The van der Waals surface area contributed by atoms with Gasteiger partial charge in [0.15, 0.2) is 0 Å². The Hall–Kier alpha value is -2.88. The van der Waals surface area contributed by atoms with Gasteiger partial charge in [-0.3, -0.25) is 4.40 Å². The number of ether oxygens (including phenoxy) is 1. The lowest BCUT2D eigenvalue weighted by atomic mass is 10.1. The van der Waals surface area contributed by atoms with Crippen molar-refractivity contribution in [2.75, 3.05) is 25.0 Å². The summed E-state index contributed by atoms with van der Waals surface area (Å²) in [7, 11) is 0. The minimum absolute atomic E-state index is 0.314. The molecular weight excluding hydrogens is 373 g/mol. The number of fused-ring (bicyclic) bond motifs is 1. The van der Waals surface area contributed by atoms with Crippen LogP contribution in [0.1, 0.15) is 6.42 Å². The van der Waals surface area contributed by atoms with Crippen LogP contribution in [0, 0.1) is 0 Å². The number of hydrogen-bond donors (Lipinski definition) is 2. The molecule has 0 amide bonds. The zero-order valence-electron chi connectivity index (χ0n) is 14.9. The quantitative estimate of drug-likeness (QED) is 0.672. The molecule has 7 nitrogen and oxygen atoms in total. The predicted molar refractivity (Wildman–Crippen MR) is 97.5 cm³/mol. The Morgan fingerprint density at radius 2 is 2.21 bits per heavy atom. The molecule has 0 radical (unpaired) electrons. The molecule has 0 saturated carbocycles. The highest BCUT2D eigenvalue weighted by Crippen LogP contribution is 2.23. The Morgan fingerprint density at radius 1 is 1.32 bits per heavy atom. The first-order valence-electron chi connectivity index (χ1n) is 8.93. The first-order chi connectivity index (χ1) is 13.6. The van der Waals surface area contributed by atoms with Crippen LogP contribution in [0.25, 0.3) is 17.0 Å². The Balaban J connectivity index is 1.56. The summed E-state index contributed by atoms with van der Waals surface area (Å²) in [6, 6.07) is 4.50. The van der Waals surface area contributed by atoms with E-state index >= 15 is 0 Å². The minimum atomic E-state index is -2.54. The Labute approximate surface area is 159 Å². The molecule has 0 unspecified atom stereocenters. The van der Waals surface area contributed by atoms with E-state index in [-0.39, 0.29) is 6.04 Å². The van der Waals surface area contributed by atoms with Crippen molar-refractivity contribution in [3.8, 4) is 17.1 Å². The first-order valence-corrected chi connectivity index (χ1v) is 8.93. The summed E-state index contributed by atoms with van der Waals surface area (Å²) >= 11 is 0. The van der Waals surface area contributed by atoms with E-state index in [4.69, 9.17) is 4.74 Å². The maximum Gasteiger partial charge on any atom is 0.272 e. The molecule has 4 heterocycles. The van der Waals surface area contributed by atoms with Crippen LogP contribution in [-0.2, 0) is 0 Å². The molecule has 1 saturated heterocycles. The fourth-order valence-electron chi connectivity index (χ4n) is 3.11. The number of nitrogens with zero attached hydrogens (tertiary/aromatic N) is 4. The van der Waals surface area contributed by atoms with Gasteiger partial charge in [-0.25, -0.2) is 28.1 Å². The Bertz CT molecular complexity index is 950. The molecule has 10 heteroatoms. The summed E-state index contributed by atoms with van der Waals surface area (Å²) in [5, 5.41) is 6.18. The molecule has 1 aliphatic rings. The number of piperidine rings is 1. The van der Waals surface area contributed by atoms with Crippen molar-refractivity contribution >= 4 is 11.6 Å². The lowest BCUT2D eigenvalue weighted by molar-refractivity contribution is 0.0819. The van der Waals surface area contributed by atoms with E-state index < -0.39 is 19.2 Å². The molecule has 0 spiro atoms. The second kappa shape index (κ2) is 8.01. The van der Waals surface area contributed by atoms with E-state index in [9.17, 15) is 13.2 Å². The van der Waals surface area contributed by atoms with E-state index in [0.29, 0.717) is 48.2 Å². The summed E-state index contributed by atoms with van der Waals surface area (Å²) in [6.07, 6.45) is 1.83. The second-order valence-electron chi connectivity index (χ2n) is 6.46. The lowest BCUT2D eigenvalue weighted by Crippen LogP contribution is -2.46. The van der Waals surface area contributed by atoms with E-state index in [1.54, 1.807) is 41.2 Å². The fraction of sp³-hybridized carbons (Fsp3) is 0.389. The van der Waals surface area contributed by atoms with Gasteiger partial charge in [-0.15, -0.1) is 0 Å². The highest BCUT2D eigenvalue weighted by atomic mass is 19.3. The zero-order valence-corrected chi connectivity index (χ0v) is 14.9. The second-order valence-corrected chi connectivity index (χ2v) is 6.46.